The summed E-state index contributed by atoms with van der Waals surface area (Å²) in [6.45, 7) is -9.25. The molecule has 2 rings (SSSR count). The van der Waals surface area contributed by atoms with Crippen LogP contribution in [0.3, 0.4) is 0 Å². The van der Waals surface area contributed by atoms with Gasteiger partial charge in [0.25, 0.3) is 12.3 Å². The predicted molar refractivity (Wildman–Crippen MR) is 88.7 cm³/mol. The van der Waals surface area contributed by atoms with Crippen molar-refractivity contribution in [3.8, 4) is 0 Å². The second kappa shape index (κ2) is 8.35. The molecule has 0 saturated heterocycles. The highest BCUT2D eigenvalue weighted by Gasteiger charge is 3.12. The lowest BCUT2D eigenvalue weighted by atomic mass is 9.42. The van der Waals surface area contributed by atoms with Gasteiger partial charge < -0.3 is 14.6 Å². The van der Waals surface area contributed by atoms with Crippen LogP contribution in [0.15, 0.2) is 0 Å². The SMILES string of the molecule is CC1(CO)C(F)(F)C2(F)C(F)(F)C(F)(C(F)F)C(F)(F)C(COC(=O)COC(=O)CCl)(C1(F)F)C2(F)F. The molecule has 2 fully saturated rings. The van der Waals surface area contributed by atoms with Crippen LogP contribution in [0.1, 0.15) is 6.92 Å². The molecule has 0 heterocycles. The second-order valence-electron chi connectivity index (χ2n) is 8.39. The maximum Gasteiger partial charge on any atom is 0.344 e. The van der Waals surface area contributed by atoms with Gasteiger partial charge in [0.05, 0.1) is 6.61 Å². The van der Waals surface area contributed by atoms with Crippen molar-refractivity contribution in [2.24, 2.45) is 10.8 Å². The number of halogens is 15. The number of ether oxygens (including phenoxy) is 2. The van der Waals surface area contributed by atoms with E-state index in [-0.39, 0.29) is 0 Å². The quantitative estimate of drug-likeness (QED) is 0.271. The van der Waals surface area contributed by atoms with Gasteiger partial charge in [0.15, 0.2) is 6.61 Å². The van der Waals surface area contributed by atoms with Crippen LogP contribution in [0.5, 0.6) is 0 Å². The van der Waals surface area contributed by atoms with E-state index >= 15 is 30.7 Å². The van der Waals surface area contributed by atoms with Gasteiger partial charge in [0.1, 0.15) is 17.9 Å². The number of esters is 2. The van der Waals surface area contributed by atoms with Gasteiger partial charge in [-0.05, 0) is 6.92 Å². The molecule has 0 radical (unpaired) electrons. The van der Waals surface area contributed by atoms with Crippen molar-refractivity contribution in [3.05, 3.63) is 0 Å². The average molecular weight is 599 g/mol. The van der Waals surface area contributed by atoms with E-state index in [2.05, 4.69) is 9.47 Å². The van der Waals surface area contributed by atoms with Crippen LogP contribution in [-0.4, -0.2) is 90.1 Å². The Labute approximate surface area is 201 Å². The molecule has 0 spiro atoms. The van der Waals surface area contributed by atoms with Crippen molar-refractivity contribution in [1.82, 2.24) is 0 Å². The second-order valence-corrected chi connectivity index (χ2v) is 8.66. The third kappa shape index (κ3) is 2.92. The Morgan fingerprint density at radius 3 is 1.65 bits per heavy atom. The van der Waals surface area contributed by atoms with Gasteiger partial charge in [-0.15, -0.1) is 11.6 Å². The highest BCUT2D eigenvalue weighted by atomic mass is 35.5. The number of alkyl halides is 15. The number of rotatable bonds is 7. The van der Waals surface area contributed by atoms with Gasteiger partial charge >= 0.3 is 47.0 Å². The van der Waals surface area contributed by atoms with E-state index in [9.17, 15) is 40.3 Å². The number of fused-ring (bicyclic) bond motifs is 2. The van der Waals surface area contributed by atoms with Crippen molar-refractivity contribution in [2.75, 3.05) is 25.7 Å². The summed E-state index contributed by atoms with van der Waals surface area (Å²) in [7, 11) is 0. The van der Waals surface area contributed by atoms with Gasteiger partial charge in [-0.25, -0.2) is 57.5 Å². The molecular weight excluding hydrogens is 586 g/mol. The highest BCUT2D eigenvalue weighted by molar-refractivity contribution is 6.26. The van der Waals surface area contributed by atoms with Crippen molar-refractivity contribution < 1.29 is 85.6 Å². The minimum Gasteiger partial charge on any atom is -0.462 e. The van der Waals surface area contributed by atoms with Crippen LogP contribution in [0, 0.1) is 10.8 Å². The molecule has 0 aliphatic heterocycles. The lowest BCUT2D eigenvalue weighted by Gasteiger charge is -2.69. The summed E-state index contributed by atoms with van der Waals surface area (Å²) in [5.74, 6) is -41.9. The lowest BCUT2D eigenvalue weighted by Crippen LogP contribution is -2.98. The van der Waals surface area contributed by atoms with Gasteiger partial charge in [0.2, 0.25) is 5.41 Å². The van der Waals surface area contributed by atoms with E-state index in [1.807, 2.05) is 0 Å². The smallest absolute Gasteiger partial charge is 0.344 e. The van der Waals surface area contributed by atoms with E-state index in [1.165, 1.54) is 0 Å². The maximum atomic E-state index is 15.4. The largest absolute Gasteiger partial charge is 0.462 e. The average Bonchev–Trinajstić information content (AvgIpc) is 2.77. The standard InChI is InChI=1S/C17H13ClF14O5/c1-9(4-33)13(23,24)10(5-37-7(35)3-36-6(34)2-18)15(27,28)11(21,8(19)20)17(31,32)12(22,14(9,25)26)16(10,29)30/h8,33H,2-5H2,1H3. The zero-order chi connectivity index (χ0) is 29.5. The molecule has 2 saturated carbocycles. The summed E-state index contributed by atoms with van der Waals surface area (Å²) in [5.41, 5.74) is -27.2. The van der Waals surface area contributed by atoms with Crippen LogP contribution in [-0.2, 0) is 19.1 Å². The number of aliphatic hydroxyl groups is 1. The van der Waals surface area contributed by atoms with E-state index in [4.69, 9.17) is 16.7 Å². The molecule has 216 valence electrons. The van der Waals surface area contributed by atoms with Crippen LogP contribution in [0.2, 0.25) is 0 Å². The maximum absolute atomic E-state index is 15.4. The molecule has 4 unspecified atom stereocenters. The van der Waals surface area contributed by atoms with Crippen molar-refractivity contribution in [3.63, 3.8) is 0 Å². The van der Waals surface area contributed by atoms with Crippen LogP contribution >= 0.6 is 11.6 Å². The molecule has 20 heteroatoms. The molecular formula is C17H13ClF14O5. The number of aliphatic hydroxyl groups excluding tert-OH is 1. The first-order chi connectivity index (χ1) is 16.4. The molecule has 37 heavy (non-hydrogen) atoms. The third-order valence-corrected chi connectivity index (χ3v) is 6.95. The predicted octanol–water partition coefficient (Wildman–Crippen LogP) is 4.18. The Hall–Kier alpha value is -1.79. The summed E-state index contributed by atoms with van der Waals surface area (Å²) in [6.07, 6.45) is -6.08. The third-order valence-electron chi connectivity index (χ3n) is 6.73. The van der Waals surface area contributed by atoms with Gasteiger partial charge in [-0.2, -0.15) is 8.78 Å². The Morgan fingerprint density at radius 2 is 1.24 bits per heavy atom. The molecule has 0 aromatic rings. The fourth-order valence-electron chi connectivity index (χ4n) is 4.44. The first-order valence-corrected chi connectivity index (χ1v) is 9.92. The normalized spacial score (nSPS) is 38.6. The Balaban J connectivity index is 3.01. The first kappa shape index (κ1) is 31.4. The summed E-state index contributed by atoms with van der Waals surface area (Å²) in [6, 6.07) is 0. The van der Waals surface area contributed by atoms with Gasteiger partial charge in [0, 0.05) is 0 Å². The lowest BCUT2D eigenvalue weighted by molar-refractivity contribution is -0.552. The van der Waals surface area contributed by atoms with Crippen LogP contribution in [0.25, 0.3) is 0 Å². The zero-order valence-electron chi connectivity index (χ0n) is 17.7. The summed E-state index contributed by atoms with van der Waals surface area (Å²) in [4.78, 5) is 22.5. The van der Waals surface area contributed by atoms with Crippen molar-refractivity contribution in [1.29, 1.82) is 0 Å². The van der Waals surface area contributed by atoms with E-state index in [0.717, 1.165) is 0 Å². The highest BCUT2D eigenvalue weighted by Crippen LogP contribution is 2.84. The molecule has 2 aliphatic rings. The molecule has 0 amide bonds. The molecule has 2 aliphatic carbocycles. The molecule has 4 atom stereocenters. The minimum atomic E-state index is -7.83. The summed E-state index contributed by atoms with van der Waals surface area (Å²) < 4.78 is 215. The molecule has 1 N–H and O–H groups in total. The molecule has 2 bridgehead atoms. The van der Waals surface area contributed by atoms with Crippen LogP contribution in [0.4, 0.5) is 61.5 Å². The van der Waals surface area contributed by atoms with Crippen LogP contribution < -0.4 is 0 Å². The summed E-state index contributed by atoms with van der Waals surface area (Å²) >= 11 is 4.95. The summed E-state index contributed by atoms with van der Waals surface area (Å²) in [5, 5.41) is 9.12. The first-order valence-electron chi connectivity index (χ1n) is 9.38. The number of carbonyl (C=O) groups excluding carboxylic acids is 2. The Bertz CT molecular complexity index is 953. The van der Waals surface area contributed by atoms with E-state index in [1.54, 1.807) is 0 Å². The fraction of sp³-hybridized carbons (Fsp3) is 0.882. The Kier molecular flexibility index (Phi) is 7.09. The van der Waals surface area contributed by atoms with Crippen molar-refractivity contribution >= 4 is 23.5 Å². The zero-order valence-corrected chi connectivity index (χ0v) is 18.4. The van der Waals surface area contributed by atoms with E-state index < -0.39 is 103 Å². The molecule has 0 aromatic heterocycles. The number of hydrogen-bond acceptors (Lipinski definition) is 5. The monoisotopic (exact) mass is 598 g/mol. The fourth-order valence-corrected chi connectivity index (χ4v) is 4.51. The molecule has 0 aromatic carbocycles. The van der Waals surface area contributed by atoms with Gasteiger partial charge in [-0.3, -0.25) is 4.79 Å². The topological polar surface area (TPSA) is 72.8 Å². The molecule has 5 nitrogen and oxygen atoms in total. The minimum absolute atomic E-state index is 0.824. The van der Waals surface area contributed by atoms with E-state index in [0.29, 0.717) is 0 Å². The van der Waals surface area contributed by atoms with Crippen molar-refractivity contribution in [2.45, 2.75) is 54.3 Å². The Morgan fingerprint density at radius 1 is 0.757 bits per heavy atom. The number of hydrogen-bond donors (Lipinski definition) is 1. The number of carbonyl (C=O) groups is 2. The van der Waals surface area contributed by atoms with Gasteiger partial charge in [-0.1, -0.05) is 0 Å².